The largest absolute Gasteiger partial charge is 0.379 e. The Morgan fingerprint density at radius 1 is 1.71 bits per heavy atom. The van der Waals surface area contributed by atoms with E-state index in [4.69, 9.17) is 5.11 Å². The van der Waals surface area contributed by atoms with Gasteiger partial charge in [0.2, 0.25) is 0 Å². The minimum absolute atomic E-state index is 0.637. The number of hydrogen-bond donors (Lipinski definition) is 1. The third-order valence-corrected chi connectivity index (χ3v) is 1.10. The summed E-state index contributed by atoms with van der Waals surface area (Å²) in [5.41, 5.74) is 0. The van der Waals surface area contributed by atoms with Crippen molar-refractivity contribution in [3.05, 3.63) is 0 Å². The van der Waals surface area contributed by atoms with Crippen LogP contribution in [0.15, 0.2) is 0 Å². The van der Waals surface area contributed by atoms with Crippen LogP contribution in [-0.4, -0.2) is 9.62 Å². The van der Waals surface area contributed by atoms with Gasteiger partial charge in [-0.1, -0.05) is 29.3 Å². The highest BCUT2D eigenvalue weighted by atomic mass is 79.9. The van der Waals surface area contributed by atoms with Crippen molar-refractivity contribution in [1.29, 1.82) is 0 Å². The summed E-state index contributed by atoms with van der Waals surface area (Å²) in [4.78, 5) is 0. The van der Waals surface area contributed by atoms with Crippen LogP contribution in [0.1, 0.15) is 26.7 Å². The Morgan fingerprint density at radius 3 is 2.14 bits per heavy atom. The molecule has 0 saturated heterocycles. The molecule has 2 heteroatoms. The van der Waals surface area contributed by atoms with Crippen molar-refractivity contribution in [1.82, 2.24) is 0 Å². The van der Waals surface area contributed by atoms with Crippen molar-refractivity contribution in [2.24, 2.45) is 0 Å². The third kappa shape index (κ3) is 6.44. The molecule has 1 unspecified atom stereocenters. The molecule has 0 aliphatic carbocycles. The fraction of sp³-hybridized carbons (Fsp3) is 1.00. The van der Waals surface area contributed by atoms with Gasteiger partial charge in [-0.15, -0.1) is 0 Å². The van der Waals surface area contributed by atoms with E-state index in [2.05, 4.69) is 15.9 Å². The molecule has 1 nitrogen and oxygen atoms in total. The maximum Gasteiger partial charge on any atom is 0.116 e. The van der Waals surface area contributed by atoms with Gasteiger partial charge >= 0.3 is 0 Å². The molecule has 0 aromatic carbocycles. The maximum atomic E-state index is 8.93. The van der Waals surface area contributed by atoms with E-state index in [1.807, 2.05) is 6.92 Å². The summed E-state index contributed by atoms with van der Waals surface area (Å²) in [5.74, 6) is 0. The van der Waals surface area contributed by atoms with Gasteiger partial charge in [0.15, 0.2) is 0 Å². The minimum Gasteiger partial charge on any atom is -0.379 e. The molecule has 0 spiro atoms. The lowest BCUT2D eigenvalue weighted by atomic mass is 10.2. The molecule has 1 atom stereocenters. The minimum atomic E-state index is -0.637. The first-order chi connectivity index (χ1) is 3.06. The molecule has 0 fully saturated rings. The number of halogens is 1. The zero-order valence-electron chi connectivity index (χ0n) is 4.74. The molecular weight excluding hydrogens is 156 g/mol. The van der Waals surface area contributed by atoms with Gasteiger partial charge in [-0.05, 0) is 13.3 Å². The summed E-state index contributed by atoms with van der Waals surface area (Å²) in [6.45, 7) is 3.78. The molecule has 0 radical (unpaired) electrons. The van der Waals surface area contributed by atoms with Crippen molar-refractivity contribution < 1.29 is 5.11 Å². The van der Waals surface area contributed by atoms with Crippen molar-refractivity contribution in [2.75, 3.05) is 0 Å². The Bertz CT molecular complexity index is 46.5. The molecule has 0 aliphatic rings. The Hall–Kier alpha value is 0.440. The average Bonchev–Trinajstić information content (AvgIpc) is 1.30. The fourth-order valence-electron chi connectivity index (χ4n) is 0.456. The van der Waals surface area contributed by atoms with Crippen LogP contribution in [0.2, 0.25) is 0 Å². The Kier molecular flexibility index (Phi) is 2.84. The van der Waals surface area contributed by atoms with Gasteiger partial charge in [-0.2, -0.15) is 0 Å². The number of hydrogen-bond acceptors (Lipinski definition) is 1. The van der Waals surface area contributed by atoms with Crippen LogP contribution in [0.25, 0.3) is 0 Å². The lowest BCUT2D eigenvalue weighted by Gasteiger charge is -2.11. The summed E-state index contributed by atoms with van der Waals surface area (Å²) < 4.78 is -0.637. The van der Waals surface area contributed by atoms with Crippen molar-refractivity contribution in [2.45, 2.75) is 31.2 Å². The summed E-state index contributed by atoms with van der Waals surface area (Å²) >= 11 is 3.09. The van der Waals surface area contributed by atoms with E-state index in [1.165, 1.54) is 0 Å². The lowest BCUT2D eigenvalue weighted by molar-refractivity contribution is 0.154. The number of rotatable bonds is 2. The second-order valence-electron chi connectivity index (χ2n) is 1.89. The average molecular weight is 167 g/mol. The Balaban J connectivity index is 3.15. The van der Waals surface area contributed by atoms with E-state index in [1.54, 1.807) is 6.92 Å². The van der Waals surface area contributed by atoms with Gasteiger partial charge in [0.25, 0.3) is 0 Å². The van der Waals surface area contributed by atoms with Gasteiger partial charge in [-0.3, -0.25) is 0 Å². The van der Waals surface area contributed by atoms with Crippen LogP contribution >= 0.6 is 15.9 Å². The second-order valence-corrected chi connectivity index (χ2v) is 3.60. The molecule has 1 N–H and O–H groups in total. The van der Waals surface area contributed by atoms with Crippen LogP contribution in [0, 0.1) is 0 Å². The first-order valence-electron chi connectivity index (χ1n) is 2.47. The van der Waals surface area contributed by atoms with Crippen LogP contribution in [0.3, 0.4) is 0 Å². The Morgan fingerprint density at radius 2 is 2.14 bits per heavy atom. The second kappa shape index (κ2) is 2.68. The van der Waals surface area contributed by atoms with Gasteiger partial charge in [0.05, 0.1) is 0 Å². The summed E-state index contributed by atoms with van der Waals surface area (Å²) in [6.07, 6.45) is 1.82. The quantitative estimate of drug-likeness (QED) is 0.622. The molecule has 0 bridgehead atoms. The SMILES string of the molecule is CCCC(C)(O)Br. The highest BCUT2D eigenvalue weighted by Gasteiger charge is 2.11. The normalized spacial score (nSPS) is 18.9. The Labute approximate surface area is 52.9 Å². The van der Waals surface area contributed by atoms with E-state index < -0.39 is 4.51 Å². The van der Waals surface area contributed by atoms with Crippen LogP contribution in [0.5, 0.6) is 0 Å². The smallest absolute Gasteiger partial charge is 0.116 e. The van der Waals surface area contributed by atoms with Crippen molar-refractivity contribution >= 4 is 15.9 Å². The molecule has 0 rings (SSSR count). The molecule has 0 aromatic rings. The standard InChI is InChI=1S/C5H11BrO/c1-3-4-5(2,6)7/h7H,3-4H2,1-2H3. The molecule has 44 valence electrons. The van der Waals surface area contributed by atoms with Crippen LogP contribution in [-0.2, 0) is 0 Å². The highest BCUT2D eigenvalue weighted by Crippen LogP contribution is 2.18. The lowest BCUT2D eigenvalue weighted by Crippen LogP contribution is -2.12. The summed E-state index contributed by atoms with van der Waals surface area (Å²) in [5, 5.41) is 8.93. The van der Waals surface area contributed by atoms with Gasteiger partial charge in [-0.25, -0.2) is 0 Å². The first kappa shape index (κ1) is 7.44. The third-order valence-electron chi connectivity index (χ3n) is 0.706. The first-order valence-corrected chi connectivity index (χ1v) is 3.27. The van der Waals surface area contributed by atoms with Crippen LogP contribution in [0.4, 0.5) is 0 Å². The summed E-state index contributed by atoms with van der Waals surface area (Å²) in [6, 6.07) is 0. The zero-order chi connectivity index (χ0) is 5.91. The molecule has 7 heavy (non-hydrogen) atoms. The molecule has 0 amide bonds. The molecule has 0 saturated carbocycles. The topological polar surface area (TPSA) is 20.2 Å². The van der Waals surface area contributed by atoms with Gasteiger partial charge in [0, 0.05) is 0 Å². The van der Waals surface area contributed by atoms with E-state index in [0.717, 1.165) is 12.8 Å². The van der Waals surface area contributed by atoms with Gasteiger partial charge in [0.1, 0.15) is 4.51 Å². The molecular formula is C5H11BrO. The number of alkyl halides is 1. The van der Waals surface area contributed by atoms with E-state index in [0.29, 0.717) is 0 Å². The predicted molar refractivity (Wildman–Crippen MR) is 34.5 cm³/mol. The maximum absolute atomic E-state index is 8.93. The predicted octanol–water partition coefficient (Wildman–Crippen LogP) is 1.89. The van der Waals surface area contributed by atoms with Crippen LogP contribution < -0.4 is 0 Å². The van der Waals surface area contributed by atoms with Gasteiger partial charge < -0.3 is 5.11 Å². The molecule has 0 aromatic heterocycles. The summed E-state index contributed by atoms with van der Waals surface area (Å²) in [7, 11) is 0. The van der Waals surface area contributed by atoms with E-state index in [9.17, 15) is 0 Å². The highest BCUT2D eigenvalue weighted by molar-refractivity contribution is 9.10. The molecule has 0 aliphatic heterocycles. The molecule has 0 heterocycles. The fourth-order valence-corrected chi connectivity index (χ4v) is 0.853. The van der Waals surface area contributed by atoms with E-state index >= 15 is 0 Å². The monoisotopic (exact) mass is 166 g/mol. The van der Waals surface area contributed by atoms with Crippen molar-refractivity contribution in [3.8, 4) is 0 Å². The van der Waals surface area contributed by atoms with Crippen molar-refractivity contribution in [3.63, 3.8) is 0 Å². The zero-order valence-corrected chi connectivity index (χ0v) is 6.33. The van der Waals surface area contributed by atoms with E-state index in [-0.39, 0.29) is 0 Å². The number of aliphatic hydroxyl groups is 1.